The standard InChI is InChI=1S/C25H32Cl3N3O4S/c1-6-22(25(33)29-13-16(2)3)30(14-18-9-7-17(4)8-10-18)24(32)15-31(36(5,34)35)23-12-20(27)19(26)11-21(23)28/h7-12,16,22H,6,13-15H2,1-5H3,(H,29,33). The Hall–Kier alpha value is -2.00. The molecule has 36 heavy (non-hydrogen) atoms. The van der Waals surface area contributed by atoms with Crippen LogP contribution in [0.1, 0.15) is 38.3 Å². The normalized spacial score (nSPS) is 12.4. The number of benzene rings is 2. The molecule has 0 saturated carbocycles. The van der Waals surface area contributed by atoms with Gasteiger partial charge >= 0.3 is 0 Å². The molecule has 198 valence electrons. The predicted octanol–water partition coefficient (Wildman–Crippen LogP) is 5.30. The summed E-state index contributed by atoms with van der Waals surface area (Å²) in [7, 11) is -3.95. The lowest BCUT2D eigenvalue weighted by Gasteiger charge is -2.33. The summed E-state index contributed by atoms with van der Waals surface area (Å²) in [5, 5.41) is 3.15. The van der Waals surface area contributed by atoms with E-state index in [1.54, 1.807) is 6.92 Å². The Balaban J connectivity index is 2.48. The zero-order valence-electron chi connectivity index (χ0n) is 21.0. The molecule has 11 heteroatoms. The van der Waals surface area contributed by atoms with Crippen molar-refractivity contribution < 1.29 is 18.0 Å². The van der Waals surface area contributed by atoms with Crippen LogP contribution in [0.2, 0.25) is 15.1 Å². The topological polar surface area (TPSA) is 86.8 Å². The second-order valence-electron chi connectivity index (χ2n) is 9.06. The lowest BCUT2D eigenvalue weighted by Crippen LogP contribution is -2.52. The van der Waals surface area contributed by atoms with E-state index < -0.39 is 28.5 Å². The number of carbonyl (C=O) groups is 2. The molecular weight excluding hydrogens is 545 g/mol. The second-order valence-corrected chi connectivity index (χ2v) is 12.2. The molecular formula is C25H32Cl3N3O4S. The minimum atomic E-state index is -3.95. The second kappa shape index (κ2) is 13.0. The Kier molecular flexibility index (Phi) is 10.9. The lowest BCUT2D eigenvalue weighted by molar-refractivity contribution is -0.140. The number of halogens is 3. The van der Waals surface area contributed by atoms with Gasteiger partial charge < -0.3 is 10.2 Å². The Morgan fingerprint density at radius 2 is 1.58 bits per heavy atom. The molecule has 0 aliphatic carbocycles. The van der Waals surface area contributed by atoms with Crippen LogP contribution >= 0.6 is 34.8 Å². The average molecular weight is 577 g/mol. The number of rotatable bonds is 11. The average Bonchev–Trinajstić information content (AvgIpc) is 2.79. The highest BCUT2D eigenvalue weighted by atomic mass is 35.5. The van der Waals surface area contributed by atoms with Crippen LogP contribution in [-0.4, -0.2) is 50.5 Å². The van der Waals surface area contributed by atoms with E-state index in [9.17, 15) is 18.0 Å². The minimum absolute atomic E-state index is 0.0226. The summed E-state index contributed by atoms with van der Waals surface area (Å²) < 4.78 is 26.3. The van der Waals surface area contributed by atoms with Crippen LogP contribution in [0.4, 0.5) is 5.69 Å². The molecule has 1 atom stereocenters. The molecule has 0 radical (unpaired) electrons. The van der Waals surface area contributed by atoms with E-state index in [2.05, 4.69) is 5.32 Å². The highest BCUT2D eigenvalue weighted by Gasteiger charge is 2.32. The number of amides is 2. The number of carbonyl (C=O) groups excluding carboxylic acids is 2. The van der Waals surface area contributed by atoms with Crippen molar-refractivity contribution in [2.75, 3.05) is 23.7 Å². The van der Waals surface area contributed by atoms with E-state index in [0.717, 1.165) is 21.7 Å². The smallest absolute Gasteiger partial charge is 0.244 e. The van der Waals surface area contributed by atoms with E-state index in [4.69, 9.17) is 34.8 Å². The molecule has 2 aromatic carbocycles. The number of sulfonamides is 1. The monoisotopic (exact) mass is 575 g/mol. The van der Waals surface area contributed by atoms with Crippen LogP contribution in [0, 0.1) is 12.8 Å². The molecule has 0 fully saturated rings. The number of nitrogens with zero attached hydrogens (tertiary/aromatic N) is 2. The molecule has 1 unspecified atom stereocenters. The van der Waals surface area contributed by atoms with Crippen molar-refractivity contribution >= 4 is 62.3 Å². The van der Waals surface area contributed by atoms with Crippen LogP contribution in [-0.2, 0) is 26.2 Å². The van der Waals surface area contributed by atoms with E-state index in [0.29, 0.717) is 13.0 Å². The maximum atomic E-state index is 13.7. The number of hydrogen-bond donors (Lipinski definition) is 1. The van der Waals surface area contributed by atoms with Gasteiger partial charge in [0.05, 0.1) is 27.0 Å². The number of hydrogen-bond acceptors (Lipinski definition) is 4. The number of nitrogens with one attached hydrogen (secondary N) is 1. The third-order valence-corrected chi connectivity index (χ3v) is 7.63. The van der Waals surface area contributed by atoms with Crippen molar-refractivity contribution in [3.8, 4) is 0 Å². The van der Waals surface area contributed by atoms with Gasteiger partial charge in [-0.2, -0.15) is 0 Å². The molecule has 2 amide bonds. The molecule has 0 spiro atoms. The summed E-state index contributed by atoms with van der Waals surface area (Å²) in [6.07, 6.45) is 1.31. The van der Waals surface area contributed by atoms with Gasteiger partial charge in [0.1, 0.15) is 12.6 Å². The number of aryl methyl sites for hydroxylation is 1. The first-order valence-electron chi connectivity index (χ1n) is 11.5. The van der Waals surface area contributed by atoms with E-state index in [1.807, 2.05) is 45.0 Å². The van der Waals surface area contributed by atoms with Gasteiger partial charge in [0, 0.05) is 13.1 Å². The molecule has 0 aliphatic rings. The maximum Gasteiger partial charge on any atom is 0.244 e. The van der Waals surface area contributed by atoms with Crippen LogP contribution in [0.5, 0.6) is 0 Å². The van der Waals surface area contributed by atoms with Gasteiger partial charge in [0.25, 0.3) is 0 Å². The van der Waals surface area contributed by atoms with Gasteiger partial charge in [0.15, 0.2) is 0 Å². The van der Waals surface area contributed by atoms with Crippen molar-refractivity contribution in [2.45, 2.75) is 46.7 Å². The van der Waals surface area contributed by atoms with Gasteiger partial charge in [0.2, 0.25) is 21.8 Å². The fourth-order valence-corrected chi connectivity index (χ4v) is 5.08. The zero-order chi connectivity index (χ0) is 27.2. The van der Waals surface area contributed by atoms with Crippen molar-refractivity contribution in [1.29, 1.82) is 0 Å². The van der Waals surface area contributed by atoms with Crippen LogP contribution < -0.4 is 9.62 Å². The van der Waals surface area contributed by atoms with Gasteiger partial charge in [-0.25, -0.2) is 8.42 Å². The van der Waals surface area contributed by atoms with Gasteiger partial charge in [-0.3, -0.25) is 13.9 Å². The fraction of sp³-hybridized carbons (Fsp3) is 0.440. The van der Waals surface area contributed by atoms with Crippen LogP contribution in [0.15, 0.2) is 36.4 Å². The lowest BCUT2D eigenvalue weighted by atomic mass is 10.1. The first kappa shape index (κ1) is 30.2. The summed E-state index contributed by atoms with van der Waals surface area (Å²) in [6, 6.07) is 9.39. The molecule has 0 heterocycles. The summed E-state index contributed by atoms with van der Waals surface area (Å²) in [5.74, 6) is -0.634. The maximum absolute atomic E-state index is 13.7. The fourth-order valence-electron chi connectivity index (χ4n) is 3.53. The molecule has 0 bridgehead atoms. The Labute approximate surface area is 228 Å². The van der Waals surface area contributed by atoms with E-state index in [1.165, 1.54) is 17.0 Å². The summed E-state index contributed by atoms with van der Waals surface area (Å²) >= 11 is 18.4. The Bertz CT molecular complexity index is 1190. The zero-order valence-corrected chi connectivity index (χ0v) is 24.1. The van der Waals surface area contributed by atoms with Gasteiger partial charge in [-0.15, -0.1) is 0 Å². The van der Waals surface area contributed by atoms with Crippen molar-refractivity contribution in [3.63, 3.8) is 0 Å². The van der Waals surface area contributed by atoms with Crippen LogP contribution in [0.25, 0.3) is 0 Å². The molecule has 7 nitrogen and oxygen atoms in total. The number of anilines is 1. The Morgan fingerprint density at radius 1 is 1.00 bits per heavy atom. The molecule has 2 rings (SSSR count). The van der Waals surface area contributed by atoms with Crippen molar-refractivity contribution in [3.05, 3.63) is 62.6 Å². The van der Waals surface area contributed by atoms with Crippen molar-refractivity contribution in [1.82, 2.24) is 10.2 Å². The summed E-state index contributed by atoms with van der Waals surface area (Å²) in [4.78, 5) is 28.2. The molecule has 0 aromatic heterocycles. The first-order valence-corrected chi connectivity index (χ1v) is 14.5. The van der Waals surface area contributed by atoms with E-state index >= 15 is 0 Å². The Morgan fingerprint density at radius 3 is 2.11 bits per heavy atom. The quantitative estimate of drug-likeness (QED) is 0.368. The molecule has 0 aliphatic heterocycles. The minimum Gasteiger partial charge on any atom is -0.354 e. The predicted molar refractivity (Wildman–Crippen MR) is 147 cm³/mol. The largest absolute Gasteiger partial charge is 0.354 e. The third kappa shape index (κ3) is 8.26. The summed E-state index contributed by atoms with van der Waals surface area (Å²) in [5.41, 5.74) is 1.88. The third-order valence-electron chi connectivity index (χ3n) is 5.48. The molecule has 1 N–H and O–H groups in total. The molecule has 0 saturated heterocycles. The van der Waals surface area contributed by atoms with Gasteiger partial charge in [-0.1, -0.05) is 85.4 Å². The first-order chi connectivity index (χ1) is 16.7. The summed E-state index contributed by atoms with van der Waals surface area (Å²) in [6.45, 7) is 7.71. The SMILES string of the molecule is CCC(C(=O)NCC(C)C)N(Cc1ccc(C)cc1)C(=O)CN(c1cc(Cl)c(Cl)cc1Cl)S(C)(=O)=O. The van der Waals surface area contributed by atoms with Gasteiger partial charge in [-0.05, 0) is 37.0 Å². The highest BCUT2D eigenvalue weighted by molar-refractivity contribution is 7.92. The molecule has 2 aromatic rings. The van der Waals surface area contributed by atoms with E-state index in [-0.39, 0.29) is 39.1 Å². The van der Waals surface area contributed by atoms with Crippen molar-refractivity contribution in [2.24, 2.45) is 5.92 Å². The highest BCUT2D eigenvalue weighted by Crippen LogP contribution is 2.35. The van der Waals surface area contributed by atoms with Crippen LogP contribution in [0.3, 0.4) is 0 Å².